The van der Waals surface area contributed by atoms with Gasteiger partial charge in [-0.2, -0.15) is 0 Å². The van der Waals surface area contributed by atoms with Crippen LogP contribution in [0.15, 0.2) is 22.7 Å². The second-order valence-corrected chi connectivity index (χ2v) is 6.18. The molecule has 1 aliphatic rings. The first-order valence-corrected chi connectivity index (χ1v) is 7.08. The highest BCUT2D eigenvalue weighted by Crippen LogP contribution is 2.28. The van der Waals surface area contributed by atoms with E-state index >= 15 is 0 Å². The monoisotopic (exact) mass is 361 g/mol. The van der Waals surface area contributed by atoms with Crippen molar-refractivity contribution in [1.82, 2.24) is 4.90 Å². The lowest BCUT2D eigenvalue weighted by Crippen LogP contribution is -2.63. The summed E-state index contributed by atoms with van der Waals surface area (Å²) in [6.07, 6.45) is 0. The van der Waals surface area contributed by atoms with Crippen molar-refractivity contribution >= 4 is 39.4 Å². The number of carbonyl (C=O) groups is 2. The van der Waals surface area contributed by atoms with Gasteiger partial charge in [-0.3, -0.25) is 4.79 Å². The number of likely N-dealkylation sites (tertiary alicyclic amines) is 1. The Kier molecular flexibility index (Phi) is 4.36. The number of rotatable bonds is 4. The molecule has 1 amide bonds. The molecule has 1 aromatic carbocycles. The Hall–Kier alpha value is -1.11. The van der Waals surface area contributed by atoms with Gasteiger partial charge < -0.3 is 14.7 Å². The van der Waals surface area contributed by atoms with Gasteiger partial charge in [0.05, 0.1) is 18.1 Å². The van der Waals surface area contributed by atoms with E-state index in [9.17, 15) is 9.59 Å². The number of aliphatic carboxylic acids is 1. The summed E-state index contributed by atoms with van der Waals surface area (Å²) >= 11 is 9.16. The van der Waals surface area contributed by atoms with Crippen LogP contribution in [0.2, 0.25) is 5.02 Å². The fourth-order valence-corrected chi connectivity index (χ4v) is 2.54. The minimum atomic E-state index is -1.02. The Balaban J connectivity index is 1.96. The SMILES string of the molecule is CC1(OCC(=O)O)CN(C(=O)c2ccc(Cl)c(Br)c2)C1. The summed E-state index contributed by atoms with van der Waals surface area (Å²) in [5, 5.41) is 9.12. The molecular formula is C13H13BrClNO4. The molecule has 0 saturated carbocycles. The van der Waals surface area contributed by atoms with Gasteiger partial charge >= 0.3 is 5.97 Å². The summed E-state index contributed by atoms with van der Waals surface area (Å²) in [7, 11) is 0. The number of carbonyl (C=O) groups excluding carboxylic acids is 1. The fourth-order valence-electron chi connectivity index (χ4n) is 2.04. The molecule has 5 nitrogen and oxygen atoms in total. The molecule has 1 heterocycles. The summed E-state index contributed by atoms with van der Waals surface area (Å²) < 4.78 is 5.92. The molecule has 7 heteroatoms. The maximum atomic E-state index is 12.2. The van der Waals surface area contributed by atoms with Crippen LogP contribution in [0.25, 0.3) is 0 Å². The van der Waals surface area contributed by atoms with Gasteiger partial charge in [0.25, 0.3) is 5.91 Å². The molecule has 0 spiro atoms. The third kappa shape index (κ3) is 3.31. The third-order valence-electron chi connectivity index (χ3n) is 3.05. The van der Waals surface area contributed by atoms with Gasteiger partial charge in [0.1, 0.15) is 12.2 Å². The van der Waals surface area contributed by atoms with Crippen molar-refractivity contribution in [3.8, 4) is 0 Å². The Morgan fingerprint density at radius 2 is 2.15 bits per heavy atom. The first-order valence-electron chi connectivity index (χ1n) is 5.91. The van der Waals surface area contributed by atoms with Crippen LogP contribution >= 0.6 is 27.5 Å². The number of benzene rings is 1. The molecule has 0 bridgehead atoms. The Labute approximate surface area is 129 Å². The van der Waals surface area contributed by atoms with Crippen LogP contribution in [-0.4, -0.2) is 47.2 Å². The lowest BCUT2D eigenvalue weighted by atomic mass is 9.95. The second kappa shape index (κ2) is 5.71. The average Bonchev–Trinajstić information content (AvgIpc) is 2.35. The smallest absolute Gasteiger partial charge is 0.329 e. The minimum Gasteiger partial charge on any atom is -0.480 e. The topological polar surface area (TPSA) is 66.8 Å². The lowest BCUT2D eigenvalue weighted by molar-refractivity contribution is -0.159. The zero-order chi connectivity index (χ0) is 14.9. The van der Waals surface area contributed by atoms with Crippen molar-refractivity contribution in [1.29, 1.82) is 0 Å². The van der Waals surface area contributed by atoms with Crippen LogP contribution in [0.5, 0.6) is 0 Å². The Morgan fingerprint density at radius 3 is 2.70 bits per heavy atom. The van der Waals surface area contributed by atoms with E-state index in [2.05, 4.69) is 15.9 Å². The third-order valence-corrected chi connectivity index (χ3v) is 4.26. The van der Waals surface area contributed by atoms with Gasteiger partial charge in [0, 0.05) is 10.0 Å². The van der Waals surface area contributed by atoms with Crippen molar-refractivity contribution in [3.63, 3.8) is 0 Å². The molecule has 20 heavy (non-hydrogen) atoms. The predicted molar refractivity (Wildman–Crippen MR) is 77.0 cm³/mol. The first-order chi connectivity index (χ1) is 9.31. The van der Waals surface area contributed by atoms with Gasteiger partial charge in [-0.05, 0) is 41.1 Å². The summed E-state index contributed by atoms with van der Waals surface area (Å²) in [5.74, 6) is -1.14. The zero-order valence-corrected chi connectivity index (χ0v) is 13.1. The van der Waals surface area contributed by atoms with Crippen LogP contribution < -0.4 is 0 Å². The minimum absolute atomic E-state index is 0.126. The highest BCUT2D eigenvalue weighted by Gasteiger charge is 2.42. The second-order valence-electron chi connectivity index (χ2n) is 4.92. The van der Waals surface area contributed by atoms with E-state index in [-0.39, 0.29) is 12.5 Å². The van der Waals surface area contributed by atoms with Crippen LogP contribution in [0, 0.1) is 0 Å². The summed E-state index contributed by atoms with van der Waals surface area (Å²) in [6, 6.07) is 4.97. The highest BCUT2D eigenvalue weighted by atomic mass is 79.9. The van der Waals surface area contributed by atoms with E-state index in [0.717, 1.165) is 0 Å². The van der Waals surface area contributed by atoms with Crippen molar-refractivity contribution in [2.45, 2.75) is 12.5 Å². The standard InChI is InChI=1S/C13H13BrClNO4/c1-13(20-5-11(17)18)6-16(7-13)12(19)8-2-3-10(15)9(14)4-8/h2-4H,5-7H2,1H3,(H,17,18). The summed E-state index contributed by atoms with van der Waals surface area (Å²) in [6.45, 7) is 2.18. The van der Waals surface area contributed by atoms with Gasteiger partial charge in [-0.1, -0.05) is 11.6 Å². The molecule has 1 fully saturated rings. The van der Waals surface area contributed by atoms with E-state index in [0.29, 0.717) is 28.1 Å². The van der Waals surface area contributed by atoms with Gasteiger partial charge in [0.15, 0.2) is 0 Å². The van der Waals surface area contributed by atoms with Crippen molar-refractivity contribution < 1.29 is 19.4 Å². The maximum absolute atomic E-state index is 12.2. The largest absolute Gasteiger partial charge is 0.480 e. The Bertz CT molecular complexity index is 557. The lowest BCUT2D eigenvalue weighted by Gasteiger charge is -2.47. The van der Waals surface area contributed by atoms with Crippen molar-refractivity contribution in [3.05, 3.63) is 33.3 Å². The van der Waals surface area contributed by atoms with Crippen molar-refractivity contribution in [2.75, 3.05) is 19.7 Å². The number of halogens is 2. The average molecular weight is 363 g/mol. The maximum Gasteiger partial charge on any atom is 0.329 e. The number of carboxylic acids is 1. The first kappa shape index (κ1) is 15.3. The van der Waals surface area contributed by atoms with E-state index in [1.54, 1.807) is 30.0 Å². The molecule has 108 valence electrons. The molecule has 1 N–H and O–H groups in total. The van der Waals surface area contributed by atoms with Gasteiger partial charge in [-0.25, -0.2) is 4.79 Å². The van der Waals surface area contributed by atoms with Crippen molar-refractivity contribution in [2.24, 2.45) is 0 Å². The van der Waals surface area contributed by atoms with Gasteiger partial charge in [0.2, 0.25) is 0 Å². The molecule has 0 radical (unpaired) electrons. The summed E-state index contributed by atoms with van der Waals surface area (Å²) in [5.41, 5.74) is -0.0564. The molecule has 0 aliphatic carbocycles. The molecule has 0 aromatic heterocycles. The van der Waals surface area contributed by atoms with Crippen LogP contribution in [0.4, 0.5) is 0 Å². The van der Waals surface area contributed by atoms with Crippen LogP contribution in [-0.2, 0) is 9.53 Å². The molecular weight excluding hydrogens is 350 g/mol. The number of amides is 1. The number of hydrogen-bond acceptors (Lipinski definition) is 3. The molecule has 1 saturated heterocycles. The van der Waals surface area contributed by atoms with Crippen LogP contribution in [0.1, 0.15) is 17.3 Å². The predicted octanol–water partition coefficient (Wildman–Crippen LogP) is 2.42. The molecule has 2 rings (SSSR count). The fraction of sp³-hybridized carbons (Fsp3) is 0.385. The molecule has 1 aliphatic heterocycles. The van der Waals surface area contributed by atoms with E-state index in [4.69, 9.17) is 21.4 Å². The van der Waals surface area contributed by atoms with E-state index in [1.807, 2.05) is 0 Å². The van der Waals surface area contributed by atoms with Crippen LogP contribution in [0.3, 0.4) is 0 Å². The van der Waals surface area contributed by atoms with E-state index < -0.39 is 11.6 Å². The zero-order valence-electron chi connectivity index (χ0n) is 10.7. The van der Waals surface area contributed by atoms with Gasteiger partial charge in [-0.15, -0.1) is 0 Å². The number of ether oxygens (including phenoxy) is 1. The molecule has 0 atom stereocenters. The number of hydrogen-bond donors (Lipinski definition) is 1. The molecule has 0 unspecified atom stereocenters. The number of carboxylic acid groups (broad SMARTS) is 1. The highest BCUT2D eigenvalue weighted by molar-refractivity contribution is 9.10. The number of nitrogens with zero attached hydrogens (tertiary/aromatic N) is 1. The quantitative estimate of drug-likeness (QED) is 0.893. The molecule has 1 aromatic rings. The Morgan fingerprint density at radius 1 is 1.50 bits per heavy atom. The normalized spacial score (nSPS) is 16.6. The summed E-state index contributed by atoms with van der Waals surface area (Å²) in [4.78, 5) is 24.3. The van der Waals surface area contributed by atoms with E-state index in [1.165, 1.54) is 0 Å².